The smallest absolute Gasteiger partial charge is 0.258 e. The molecule has 0 N–H and O–H groups in total. The van der Waals surface area contributed by atoms with Gasteiger partial charge in [0.15, 0.2) is 0 Å². The van der Waals surface area contributed by atoms with Gasteiger partial charge in [0.05, 0.1) is 16.8 Å². The molecule has 2 heterocycles. The van der Waals surface area contributed by atoms with Crippen LogP contribution >= 0.6 is 0 Å². The molecule has 2 aromatic rings. The van der Waals surface area contributed by atoms with E-state index in [4.69, 9.17) is 0 Å². The highest BCUT2D eigenvalue weighted by Gasteiger charge is 2.13. The third kappa shape index (κ3) is 1.62. The van der Waals surface area contributed by atoms with E-state index in [0.717, 1.165) is 0 Å². The van der Waals surface area contributed by atoms with Crippen LogP contribution in [0, 0.1) is 17.0 Å². The first-order chi connectivity index (χ1) is 7.59. The van der Waals surface area contributed by atoms with Crippen molar-refractivity contribution in [3.8, 4) is 11.3 Å². The second-order valence-electron chi connectivity index (χ2n) is 3.33. The fourth-order valence-electron chi connectivity index (χ4n) is 1.41. The lowest BCUT2D eigenvalue weighted by atomic mass is 10.1. The highest BCUT2D eigenvalue weighted by Crippen LogP contribution is 2.24. The van der Waals surface area contributed by atoms with E-state index in [9.17, 15) is 10.1 Å². The Bertz CT molecular complexity index is 549. The first kappa shape index (κ1) is 10.2. The summed E-state index contributed by atoms with van der Waals surface area (Å²) in [6, 6.07) is 1.47. The molecule has 0 aliphatic heterocycles. The molecule has 0 spiro atoms. The van der Waals surface area contributed by atoms with Crippen molar-refractivity contribution in [2.45, 2.75) is 6.92 Å². The SMILES string of the molecule is Cc1ncc([N+](=O)[O-])cc1-c1cnnn1C. The van der Waals surface area contributed by atoms with Gasteiger partial charge in [-0.3, -0.25) is 15.1 Å². The van der Waals surface area contributed by atoms with Gasteiger partial charge in [0.25, 0.3) is 5.69 Å². The van der Waals surface area contributed by atoms with Gasteiger partial charge in [0.2, 0.25) is 0 Å². The van der Waals surface area contributed by atoms with E-state index in [1.54, 1.807) is 24.9 Å². The molecule has 2 rings (SSSR count). The Morgan fingerprint density at radius 2 is 2.19 bits per heavy atom. The van der Waals surface area contributed by atoms with Crippen molar-refractivity contribution in [2.24, 2.45) is 7.05 Å². The Morgan fingerprint density at radius 1 is 1.44 bits per heavy atom. The molecule has 2 aromatic heterocycles. The van der Waals surface area contributed by atoms with Crippen LogP contribution in [0.25, 0.3) is 11.3 Å². The van der Waals surface area contributed by atoms with E-state index in [-0.39, 0.29) is 5.69 Å². The van der Waals surface area contributed by atoms with Crippen LogP contribution in [0.4, 0.5) is 5.69 Å². The molecule has 0 aliphatic rings. The van der Waals surface area contributed by atoms with Crippen LogP contribution in [-0.2, 0) is 7.05 Å². The monoisotopic (exact) mass is 219 g/mol. The molecule has 0 atom stereocenters. The minimum absolute atomic E-state index is 0.0400. The molecule has 0 fully saturated rings. The quantitative estimate of drug-likeness (QED) is 0.557. The number of nitro groups is 1. The maximum absolute atomic E-state index is 10.6. The fourth-order valence-corrected chi connectivity index (χ4v) is 1.41. The van der Waals surface area contributed by atoms with Crippen molar-refractivity contribution in [3.63, 3.8) is 0 Å². The van der Waals surface area contributed by atoms with Gasteiger partial charge >= 0.3 is 0 Å². The number of nitrogens with zero attached hydrogens (tertiary/aromatic N) is 5. The lowest BCUT2D eigenvalue weighted by Crippen LogP contribution is -1.98. The van der Waals surface area contributed by atoms with Crippen LogP contribution in [0.5, 0.6) is 0 Å². The number of aromatic nitrogens is 4. The zero-order chi connectivity index (χ0) is 11.7. The summed E-state index contributed by atoms with van der Waals surface area (Å²) >= 11 is 0. The van der Waals surface area contributed by atoms with Crippen LogP contribution in [-0.4, -0.2) is 24.9 Å². The molecule has 0 radical (unpaired) electrons. The highest BCUT2D eigenvalue weighted by molar-refractivity contribution is 5.63. The van der Waals surface area contributed by atoms with Crippen molar-refractivity contribution in [1.29, 1.82) is 0 Å². The number of aryl methyl sites for hydroxylation is 2. The van der Waals surface area contributed by atoms with Gasteiger partial charge in [-0.25, -0.2) is 4.68 Å². The van der Waals surface area contributed by atoms with Gasteiger partial charge in [0.1, 0.15) is 6.20 Å². The molecule has 0 aromatic carbocycles. The van der Waals surface area contributed by atoms with E-state index in [1.165, 1.54) is 12.3 Å². The van der Waals surface area contributed by atoms with E-state index >= 15 is 0 Å². The number of rotatable bonds is 2. The second-order valence-corrected chi connectivity index (χ2v) is 3.33. The summed E-state index contributed by atoms with van der Waals surface area (Å²) in [5, 5.41) is 18.2. The normalized spacial score (nSPS) is 10.4. The third-order valence-corrected chi connectivity index (χ3v) is 2.27. The van der Waals surface area contributed by atoms with Gasteiger partial charge in [-0.1, -0.05) is 5.21 Å². The summed E-state index contributed by atoms with van der Waals surface area (Å²) < 4.78 is 1.55. The van der Waals surface area contributed by atoms with Gasteiger partial charge in [0, 0.05) is 24.4 Å². The van der Waals surface area contributed by atoms with E-state index in [0.29, 0.717) is 17.0 Å². The highest BCUT2D eigenvalue weighted by atomic mass is 16.6. The van der Waals surface area contributed by atoms with Gasteiger partial charge in [-0.2, -0.15) is 0 Å². The molecule has 0 bridgehead atoms. The lowest BCUT2D eigenvalue weighted by molar-refractivity contribution is -0.385. The van der Waals surface area contributed by atoms with E-state index in [1.807, 2.05) is 0 Å². The first-order valence-corrected chi connectivity index (χ1v) is 4.55. The molecule has 0 aliphatic carbocycles. The van der Waals surface area contributed by atoms with E-state index in [2.05, 4.69) is 15.3 Å². The molecular formula is C9H9N5O2. The average Bonchev–Trinajstić information content (AvgIpc) is 2.65. The zero-order valence-electron chi connectivity index (χ0n) is 8.78. The number of hydrogen-bond donors (Lipinski definition) is 0. The Morgan fingerprint density at radius 3 is 2.75 bits per heavy atom. The molecule has 7 heteroatoms. The summed E-state index contributed by atoms with van der Waals surface area (Å²) in [7, 11) is 1.72. The summed E-state index contributed by atoms with van der Waals surface area (Å²) in [4.78, 5) is 14.2. The largest absolute Gasteiger partial charge is 0.288 e. The van der Waals surface area contributed by atoms with Crippen molar-refractivity contribution >= 4 is 5.69 Å². The second kappa shape index (κ2) is 3.69. The fraction of sp³-hybridized carbons (Fsp3) is 0.222. The van der Waals surface area contributed by atoms with Crippen molar-refractivity contribution < 1.29 is 4.92 Å². The van der Waals surface area contributed by atoms with Crippen molar-refractivity contribution in [2.75, 3.05) is 0 Å². The van der Waals surface area contributed by atoms with Gasteiger partial charge in [-0.05, 0) is 6.92 Å². The van der Waals surface area contributed by atoms with Crippen LogP contribution < -0.4 is 0 Å². The molecule has 7 nitrogen and oxygen atoms in total. The maximum Gasteiger partial charge on any atom is 0.288 e. The minimum Gasteiger partial charge on any atom is -0.258 e. The average molecular weight is 219 g/mol. The van der Waals surface area contributed by atoms with Crippen LogP contribution in [0.2, 0.25) is 0 Å². The zero-order valence-corrected chi connectivity index (χ0v) is 8.78. The van der Waals surface area contributed by atoms with Crippen molar-refractivity contribution in [3.05, 3.63) is 34.3 Å². The summed E-state index contributed by atoms with van der Waals surface area (Å²) in [6.07, 6.45) is 2.79. The standard InChI is InChI=1S/C9H9N5O2/c1-6-8(9-5-11-12-13(9)2)3-7(4-10-6)14(15)16/h3-5H,1-2H3. The Hall–Kier alpha value is -2.31. The predicted molar refractivity (Wildman–Crippen MR) is 55.6 cm³/mol. The molecule has 0 saturated carbocycles. The molecule has 16 heavy (non-hydrogen) atoms. The van der Waals surface area contributed by atoms with Gasteiger partial charge < -0.3 is 0 Å². The Labute approximate surface area is 90.9 Å². The summed E-state index contributed by atoms with van der Waals surface area (Å²) in [6.45, 7) is 1.78. The summed E-state index contributed by atoms with van der Waals surface area (Å²) in [5.41, 5.74) is 2.04. The number of hydrogen-bond acceptors (Lipinski definition) is 5. The molecule has 0 unspecified atom stereocenters. The lowest BCUT2D eigenvalue weighted by Gasteiger charge is -2.03. The van der Waals surface area contributed by atoms with Crippen molar-refractivity contribution in [1.82, 2.24) is 20.0 Å². The third-order valence-electron chi connectivity index (χ3n) is 2.27. The van der Waals surface area contributed by atoms with Crippen LogP contribution in [0.3, 0.4) is 0 Å². The molecule has 0 saturated heterocycles. The Kier molecular flexibility index (Phi) is 2.35. The van der Waals surface area contributed by atoms with Gasteiger partial charge in [-0.15, -0.1) is 5.10 Å². The van der Waals surface area contributed by atoms with Crippen LogP contribution in [0.15, 0.2) is 18.5 Å². The first-order valence-electron chi connectivity index (χ1n) is 4.55. The predicted octanol–water partition coefficient (Wildman–Crippen LogP) is 1.09. The van der Waals surface area contributed by atoms with E-state index < -0.39 is 4.92 Å². The number of pyridine rings is 1. The Balaban J connectivity index is 2.60. The molecule has 0 amide bonds. The molecule has 82 valence electrons. The minimum atomic E-state index is -0.472. The maximum atomic E-state index is 10.6. The summed E-state index contributed by atoms with van der Waals surface area (Å²) in [5.74, 6) is 0. The van der Waals surface area contributed by atoms with Crippen LogP contribution in [0.1, 0.15) is 5.69 Å². The topological polar surface area (TPSA) is 86.7 Å². The molecular weight excluding hydrogens is 210 g/mol.